The summed E-state index contributed by atoms with van der Waals surface area (Å²) in [5, 5.41) is 0. The van der Waals surface area contributed by atoms with Crippen LogP contribution in [0.15, 0.2) is 30.3 Å². The van der Waals surface area contributed by atoms with Gasteiger partial charge in [0.1, 0.15) is 0 Å². The van der Waals surface area contributed by atoms with E-state index in [2.05, 4.69) is 0 Å². The first-order chi connectivity index (χ1) is 5.34. The molecule has 1 aromatic carbocycles. The summed E-state index contributed by atoms with van der Waals surface area (Å²) in [6.45, 7) is 2.73. The first-order valence-corrected chi connectivity index (χ1v) is 4.57. The fraction of sp³-hybridized carbons (Fsp3) is 0.222. The molecule has 11 heavy (non-hydrogen) atoms. The topological polar surface area (TPSA) is 9.23 Å². The van der Waals surface area contributed by atoms with Crippen LogP contribution in [0.1, 0.15) is 12.5 Å². The molecule has 2 heteroatoms. The fourth-order valence-corrected chi connectivity index (χ4v) is 1.41. The number of ether oxygens (including phenoxy) is 1. The van der Waals surface area contributed by atoms with E-state index in [4.69, 9.17) is 4.74 Å². The van der Waals surface area contributed by atoms with Crippen molar-refractivity contribution in [2.45, 2.75) is 6.92 Å². The molecule has 0 aliphatic rings. The second kappa shape index (κ2) is 4.58. The monoisotopic (exact) mass is 232 g/mol. The van der Waals surface area contributed by atoms with Gasteiger partial charge in [0.15, 0.2) is 0 Å². The van der Waals surface area contributed by atoms with Gasteiger partial charge in [-0.05, 0) is 0 Å². The quantitative estimate of drug-likeness (QED) is 0.719. The zero-order valence-electron chi connectivity index (χ0n) is 6.41. The summed E-state index contributed by atoms with van der Waals surface area (Å²) in [5.74, 6) is 0. The van der Waals surface area contributed by atoms with Crippen LogP contribution in [0.3, 0.4) is 0 Å². The van der Waals surface area contributed by atoms with Crippen LogP contribution in [0.2, 0.25) is 0 Å². The maximum atomic E-state index is 5.35. The second-order valence-electron chi connectivity index (χ2n) is 2.09. The van der Waals surface area contributed by atoms with E-state index >= 15 is 0 Å². The third-order valence-corrected chi connectivity index (χ3v) is 2.15. The summed E-state index contributed by atoms with van der Waals surface area (Å²) in [4.78, 5) is 0. The zero-order valence-corrected chi connectivity index (χ0v) is 8.42. The van der Waals surface area contributed by atoms with E-state index in [0.29, 0.717) is 0 Å². The molecule has 0 radical (unpaired) electrons. The minimum atomic E-state index is 0.739. The molecule has 0 heterocycles. The van der Waals surface area contributed by atoms with Gasteiger partial charge in [-0.25, -0.2) is 0 Å². The molecule has 1 nitrogen and oxygen atoms in total. The van der Waals surface area contributed by atoms with Gasteiger partial charge in [0.05, 0.1) is 0 Å². The third kappa shape index (κ3) is 2.68. The predicted octanol–water partition coefficient (Wildman–Crippen LogP) is 1.75. The van der Waals surface area contributed by atoms with E-state index < -0.39 is 0 Å². The standard InChI is InChI=1S/C9H10O.Mo/c1-2-10-8-9-6-4-3-5-7-9;/h3-7H,2H2,1H3;. The average molecular weight is 230 g/mol. The molecule has 0 aliphatic heterocycles. The van der Waals surface area contributed by atoms with Crippen molar-refractivity contribution in [1.82, 2.24) is 0 Å². The molecule has 0 N–H and O–H groups in total. The molecule has 1 rings (SSSR count). The van der Waals surface area contributed by atoms with Crippen molar-refractivity contribution in [2.24, 2.45) is 0 Å². The van der Waals surface area contributed by atoms with Crippen LogP contribution < -0.4 is 0 Å². The van der Waals surface area contributed by atoms with Gasteiger partial charge >= 0.3 is 77.6 Å². The molecule has 0 aromatic heterocycles. The molecule has 1 aromatic rings. The second-order valence-corrected chi connectivity index (χ2v) is 3.00. The van der Waals surface area contributed by atoms with Gasteiger partial charge in [0.25, 0.3) is 0 Å². The van der Waals surface area contributed by atoms with E-state index in [9.17, 15) is 0 Å². The van der Waals surface area contributed by atoms with Crippen molar-refractivity contribution >= 4 is 4.08 Å². The molecule has 0 saturated heterocycles. The number of hydrogen-bond donors (Lipinski definition) is 0. The van der Waals surface area contributed by atoms with E-state index in [1.165, 1.54) is 5.56 Å². The Kier molecular flexibility index (Phi) is 3.68. The molecular formula is C9H10MoO. The van der Waals surface area contributed by atoms with Gasteiger partial charge in [-0.2, -0.15) is 0 Å². The van der Waals surface area contributed by atoms with Crippen LogP contribution in [0.5, 0.6) is 0 Å². The third-order valence-electron chi connectivity index (χ3n) is 1.28. The number of hydrogen-bond acceptors (Lipinski definition) is 1. The number of benzene rings is 1. The molecule has 0 saturated carbocycles. The minimum absolute atomic E-state index is 0.739. The van der Waals surface area contributed by atoms with Crippen molar-refractivity contribution in [3.63, 3.8) is 0 Å². The van der Waals surface area contributed by atoms with Crippen LogP contribution in [0.25, 0.3) is 0 Å². The van der Waals surface area contributed by atoms with Crippen molar-refractivity contribution < 1.29 is 24.1 Å². The average Bonchev–Trinajstić information content (AvgIpc) is 2.07. The van der Waals surface area contributed by atoms with Gasteiger partial charge in [-0.3, -0.25) is 0 Å². The summed E-state index contributed by atoms with van der Waals surface area (Å²) < 4.78 is 6.35. The molecule has 0 fully saturated rings. The summed E-state index contributed by atoms with van der Waals surface area (Å²) in [6, 6.07) is 10.1. The van der Waals surface area contributed by atoms with Crippen LogP contribution in [-0.2, 0) is 24.1 Å². The zero-order chi connectivity index (χ0) is 8.10. The van der Waals surface area contributed by atoms with Crippen LogP contribution >= 0.6 is 0 Å². The molecule has 0 aliphatic carbocycles. The van der Waals surface area contributed by atoms with Gasteiger partial charge in [-0.1, -0.05) is 0 Å². The van der Waals surface area contributed by atoms with Crippen molar-refractivity contribution in [1.29, 1.82) is 0 Å². The Balaban J connectivity index is 2.69. The molecule has 0 atom stereocenters. The summed E-state index contributed by atoms with van der Waals surface area (Å²) in [5.41, 5.74) is 1.17. The van der Waals surface area contributed by atoms with Gasteiger partial charge in [0.2, 0.25) is 0 Å². The van der Waals surface area contributed by atoms with Crippen LogP contribution in [0, 0.1) is 0 Å². The first kappa shape index (κ1) is 8.83. The summed E-state index contributed by atoms with van der Waals surface area (Å²) >= 11 is 1.91. The molecule has 58 valence electrons. The summed E-state index contributed by atoms with van der Waals surface area (Å²) in [7, 11) is 0. The Labute approximate surface area is 77.8 Å². The first-order valence-electron chi connectivity index (χ1n) is 3.56. The Morgan fingerprint density at radius 3 is 2.55 bits per heavy atom. The van der Waals surface area contributed by atoms with Crippen molar-refractivity contribution in [3.8, 4) is 0 Å². The van der Waals surface area contributed by atoms with E-state index in [0.717, 1.165) is 10.7 Å². The fourth-order valence-electron chi connectivity index (χ4n) is 0.789. The van der Waals surface area contributed by atoms with E-state index in [1.54, 1.807) is 0 Å². The molecule has 0 amide bonds. The van der Waals surface area contributed by atoms with Gasteiger partial charge in [-0.15, -0.1) is 0 Å². The Morgan fingerprint density at radius 1 is 1.36 bits per heavy atom. The van der Waals surface area contributed by atoms with Crippen molar-refractivity contribution in [3.05, 3.63) is 35.9 Å². The predicted molar refractivity (Wildman–Crippen MR) is 42.2 cm³/mol. The molecule has 0 spiro atoms. The van der Waals surface area contributed by atoms with E-state index in [1.807, 2.05) is 56.6 Å². The SMILES string of the molecule is CCO[C](=[Mo])c1ccccc1. The Bertz CT molecular complexity index is 231. The van der Waals surface area contributed by atoms with Gasteiger partial charge in [0, 0.05) is 0 Å². The molecule has 0 bridgehead atoms. The van der Waals surface area contributed by atoms with E-state index in [-0.39, 0.29) is 0 Å². The molecular weight excluding hydrogens is 220 g/mol. The number of rotatable bonds is 3. The van der Waals surface area contributed by atoms with Gasteiger partial charge < -0.3 is 0 Å². The Hall–Kier alpha value is -0.262. The molecule has 0 unspecified atom stereocenters. The van der Waals surface area contributed by atoms with Crippen LogP contribution in [-0.4, -0.2) is 10.7 Å². The normalized spacial score (nSPS) is 9.55. The maximum absolute atomic E-state index is 5.35. The summed E-state index contributed by atoms with van der Waals surface area (Å²) in [6.07, 6.45) is 0. The Morgan fingerprint density at radius 2 is 2.00 bits per heavy atom. The van der Waals surface area contributed by atoms with Crippen molar-refractivity contribution in [2.75, 3.05) is 6.61 Å². The van der Waals surface area contributed by atoms with Crippen LogP contribution in [0.4, 0.5) is 0 Å².